The van der Waals surface area contributed by atoms with Crippen LogP contribution in [0.3, 0.4) is 0 Å². The van der Waals surface area contributed by atoms with Crippen LogP contribution in [0.15, 0.2) is 41.8 Å². The molecule has 1 heterocycles. The van der Waals surface area contributed by atoms with Crippen LogP contribution in [-0.4, -0.2) is 60.6 Å². The zero-order chi connectivity index (χ0) is 18.7. The molecule has 1 aliphatic heterocycles. The zero-order valence-corrected chi connectivity index (χ0v) is 14.3. The van der Waals surface area contributed by atoms with Crippen LogP contribution in [-0.2, 0) is 14.8 Å². The van der Waals surface area contributed by atoms with E-state index in [1.165, 1.54) is 35.2 Å². The molecule has 1 aromatic rings. The Hall–Kier alpha value is -2.23. The molecule has 2 rings (SSSR count). The van der Waals surface area contributed by atoms with Crippen molar-refractivity contribution >= 4 is 21.9 Å². The van der Waals surface area contributed by atoms with E-state index in [4.69, 9.17) is 5.11 Å². The van der Waals surface area contributed by atoms with E-state index >= 15 is 0 Å². The van der Waals surface area contributed by atoms with E-state index in [1.54, 1.807) is 0 Å². The largest absolute Gasteiger partial charge is 0.479 e. The van der Waals surface area contributed by atoms with E-state index in [0.29, 0.717) is 0 Å². The van der Waals surface area contributed by atoms with Crippen molar-refractivity contribution in [2.75, 3.05) is 19.6 Å². The number of aliphatic hydroxyl groups is 1. The van der Waals surface area contributed by atoms with Crippen LogP contribution < -0.4 is 4.72 Å². The molecular formula is C16H20N2O6S. The molecule has 1 amide bonds. The fourth-order valence-corrected chi connectivity index (χ4v) is 3.57. The number of carboxylic acids is 1. The second-order valence-electron chi connectivity index (χ2n) is 5.80. The Kier molecular flexibility index (Phi) is 5.61. The highest BCUT2D eigenvalue weighted by Crippen LogP contribution is 2.24. The van der Waals surface area contributed by atoms with E-state index in [0.717, 1.165) is 0 Å². The molecule has 9 heteroatoms. The molecule has 1 fully saturated rings. The maximum Gasteiger partial charge on any atom is 0.335 e. The summed E-state index contributed by atoms with van der Waals surface area (Å²) in [6.07, 6.45) is 1.25. The summed E-state index contributed by atoms with van der Waals surface area (Å²) in [5.74, 6) is -1.71. The summed E-state index contributed by atoms with van der Waals surface area (Å²) >= 11 is 0. The Bertz CT molecular complexity index is 782. The molecule has 0 radical (unpaired) electrons. The number of aliphatic carboxylic acids is 1. The van der Waals surface area contributed by atoms with E-state index in [2.05, 4.69) is 11.3 Å². The molecule has 0 aliphatic carbocycles. The quantitative estimate of drug-likeness (QED) is 0.616. The third kappa shape index (κ3) is 4.25. The highest BCUT2D eigenvalue weighted by atomic mass is 32.2. The number of rotatable bonds is 6. The molecule has 8 nitrogen and oxygen atoms in total. The molecule has 0 atom stereocenters. The number of likely N-dealkylation sites (tertiary alicyclic amines) is 1. The van der Waals surface area contributed by atoms with Crippen LogP contribution in [0, 0.1) is 0 Å². The van der Waals surface area contributed by atoms with Gasteiger partial charge in [0.25, 0.3) is 5.91 Å². The number of benzene rings is 1. The molecule has 0 unspecified atom stereocenters. The first-order chi connectivity index (χ1) is 11.7. The molecule has 1 aromatic carbocycles. The number of hydrogen-bond donors (Lipinski definition) is 3. The predicted molar refractivity (Wildman–Crippen MR) is 89.6 cm³/mol. The lowest BCUT2D eigenvalue weighted by atomic mass is 9.91. The summed E-state index contributed by atoms with van der Waals surface area (Å²) in [4.78, 5) is 24.9. The summed E-state index contributed by atoms with van der Waals surface area (Å²) in [6.45, 7) is 3.66. The summed E-state index contributed by atoms with van der Waals surface area (Å²) in [7, 11) is -3.75. The molecule has 1 saturated heterocycles. The lowest BCUT2D eigenvalue weighted by Crippen LogP contribution is -2.50. The first kappa shape index (κ1) is 19.1. The molecule has 3 N–H and O–H groups in total. The van der Waals surface area contributed by atoms with Gasteiger partial charge < -0.3 is 15.1 Å². The van der Waals surface area contributed by atoms with Crippen LogP contribution in [0.2, 0.25) is 0 Å². The Labute approximate surface area is 145 Å². The smallest absolute Gasteiger partial charge is 0.335 e. The summed E-state index contributed by atoms with van der Waals surface area (Å²) in [6, 6.07) is 5.60. The Morgan fingerprint density at radius 1 is 1.32 bits per heavy atom. The van der Waals surface area contributed by atoms with Gasteiger partial charge in [0, 0.05) is 38.0 Å². The second kappa shape index (κ2) is 7.34. The van der Waals surface area contributed by atoms with Crippen LogP contribution in [0.25, 0.3) is 0 Å². The minimum absolute atomic E-state index is 0.0424. The Morgan fingerprint density at radius 3 is 2.52 bits per heavy atom. The number of hydrogen-bond acceptors (Lipinski definition) is 5. The van der Waals surface area contributed by atoms with Gasteiger partial charge in [0.1, 0.15) is 0 Å². The van der Waals surface area contributed by atoms with Gasteiger partial charge in [-0.25, -0.2) is 17.9 Å². The topological polar surface area (TPSA) is 124 Å². The monoisotopic (exact) mass is 368 g/mol. The van der Waals surface area contributed by atoms with Crippen molar-refractivity contribution in [1.29, 1.82) is 0 Å². The van der Waals surface area contributed by atoms with Crippen molar-refractivity contribution in [3.8, 4) is 0 Å². The average Bonchev–Trinajstić information content (AvgIpc) is 2.60. The van der Waals surface area contributed by atoms with Crippen molar-refractivity contribution in [1.82, 2.24) is 9.62 Å². The Balaban J connectivity index is 2.15. The second-order valence-corrected chi connectivity index (χ2v) is 7.56. The number of nitrogens with zero attached hydrogens (tertiary/aromatic N) is 1. The third-order valence-electron chi connectivity index (χ3n) is 4.08. The predicted octanol–water partition coefficient (Wildman–Crippen LogP) is 0.203. The molecule has 0 saturated carbocycles. The lowest BCUT2D eigenvalue weighted by Gasteiger charge is -2.35. The van der Waals surface area contributed by atoms with E-state index in [9.17, 15) is 23.1 Å². The fourth-order valence-electron chi connectivity index (χ4n) is 2.52. The van der Waals surface area contributed by atoms with Crippen LogP contribution in [0.4, 0.5) is 0 Å². The lowest BCUT2D eigenvalue weighted by molar-refractivity contribution is -0.162. The van der Waals surface area contributed by atoms with Gasteiger partial charge in [0.15, 0.2) is 5.60 Å². The Morgan fingerprint density at radius 2 is 1.96 bits per heavy atom. The van der Waals surface area contributed by atoms with Gasteiger partial charge in [-0.05, 0) is 18.2 Å². The number of amides is 1. The van der Waals surface area contributed by atoms with Crippen LogP contribution >= 0.6 is 0 Å². The van der Waals surface area contributed by atoms with Crippen molar-refractivity contribution in [3.05, 3.63) is 42.5 Å². The molecule has 0 spiro atoms. The number of carbonyl (C=O) groups excluding carboxylic acids is 1. The molecule has 0 bridgehead atoms. The van der Waals surface area contributed by atoms with Crippen molar-refractivity contribution < 1.29 is 28.2 Å². The average molecular weight is 368 g/mol. The van der Waals surface area contributed by atoms with Gasteiger partial charge >= 0.3 is 5.97 Å². The maximum absolute atomic E-state index is 12.5. The first-order valence-corrected chi connectivity index (χ1v) is 9.13. The van der Waals surface area contributed by atoms with E-state index < -0.39 is 27.5 Å². The first-order valence-electron chi connectivity index (χ1n) is 7.65. The van der Waals surface area contributed by atoms with Crippen molar-refractivity contribution in [2.45, 2.75) is 23.3 Å². The van der Waals surface area contributed by atoms with E-state index in [-0.39, 0.29) is 42.9 Å². The van der Waals surface area contributed by atoms with Crippen LogP contribution in [0.1, 0.15) is 23.2 Å². The molecule has 1 aliphatic rings. The summed E-state index contributed by atoms with van der Waals surface area (Å²) in [5, 5.41) is 18.9. The maximum atomic E-state index is 12.5. The normalized spacial score (nSPS) is 17.1. The number of sulfonamides is 1. The van der Waals surface area contributed by atoms with Gasteiger partial charge in [0.2, 0.25) is 10.0 Å². The molecule has 0 aromatic heterocycles. The number of carbonyl (C=O) groups is 2. The third-order valence-corrected chi connectivity index (χ3v) is 5.51. The number of nitrogens with one attached hydrogen (secondary N) is 1. The van der Waals surface area contributed by atoms with Gasteiger partial charge in [-0.3, -0.25) is 4.79 Å². The van der Waals surface area contributed by atoms with Crippen LogP contribution in [0.5, 0.6) is 0 Å². The summed E-state index contributed by atoms with van der Waals surface area (Å²) in [5.41, 5.74) is -1.64. The van der Waals surface area contributed by atoms with Crippen molar-refractivity contribution in [2.24, 2.45) is 0 Å². The molecule has 136 valence electrons. The van der Waals surface area contributed by atoms with E-state index in [1.807, 2.05) is 0 Å². The highest BCUT2D eigenvalue weighted by Gasteiger charge is 2.40. The minimum atomic E-state index is -3.75. The van der Waals surface area contributed by atoms with Gasteiger partial charge in [-0.1, -0.05) is 12.1 Å². The zero-order valence-electron chi connectivity index (χ0n) is 13.5. The highest BCUT2D eigenvalue weighted by molar-refractivity contribution is 7.89. The van der Waals surface area contributed by atoms with Crippen molar-refractivity contribution in [3.63, 3.8) is 0 Å². The fraction of sp³-hybridized carbons (Fsp3) is 0.375. The number of piperidine rings is 1. The SMILES string of the molecule is C=CCNS(=O)(=O)c1cccc(C(=O)N2CCC(O)(C(=O)O)CC2)c1. The molecule has 25 heavy (non-hydrogen) atoms. The summed E-state index contributed by atoms with van der Waals surface area (Å²) < 4.78 is 26.6. The van der Waals surface area contributed by atoms with Gasteiger partial charge in [-0.2, -0.15) is 0 Å². The molecular weight excluding hydrogens is 348 g/mol. The number of carboxylic acid groups (broad SMARTS) is 1. The standard InChI is InChI=1S/C16H20N2O6S/c1-2-8-17-25(23,24)13-5-3-4-12(11-13)14(19)18-9-6-16(22,7-10-18)15(20)21/h2-5,11,17,22H,1,6-10H2,(H,20,21). The minimum Gasteiger partial charge on any atom is -0.479 e. The van der Waals surface area contributed by atoms with Gasteiger partial charge in [0.05, 0.1) is 4.90 Å². The van der Waals surface area contributed by atoms with Gasteiger partial charge in [-0.15, -0.1) is 6.58 Å².